The van der Waals surface area contributed by atoms with Gasteiger partial charge in [0.2, 0.25) is 23.3 Å². The largest absolute Gasteiger partial charge is 0.502 e. The lowest BCUT2D eigenvalue weighted by atomic mass is 10.1. The number of benzene rings is 1. The summed E-state index contributed by atoms with van der Waals surface area (Å²) < 4.78 is 10.4. The zero-order valence-electron chi connectivity index (χ0n) is 10.4. The summed E-state index contributed by atoms with van der Waals surface area (Å²) in [4.78, 5) is 11.0. The minimum Gasteiger partial charge on any atom is -0.502 e. The highest BCUT2D eigenvalue weighted by Gasteiger charge is 2.23. The Morgan fingerprint density at radius 1 is 1.26 bits per heavy atom. The van der Waals surface area contributed by atoms with Gasteiger partial charge in [-0.2, -0.15) is 0 Å². The molecule has 0 unspecified atom stereocenters. The van der Waals surface area contributed by atoms with Gasteiger partial charge in [0.05, 0.1) is 12.7 Å². The van der Waals surface area contributed by atoms with Gasteiger partial charge in [-0.1, -0.05) is 12.1 Å². The van der Waals surface area contributed by atoms with E-state index in [9.17, 15) is 15.0 Å². The Hall–Kier alpha value is -2.63. The number of carbonyl (C=O) groups is 1. The Kier molecular flexibility index (Phi) is 3.33. The fourth-order valence-electron chi connectivity index (χ4n) is 1.67. The van der Waals surface area contributed by atoms with E-state index in [2.05, 4.69) is 5.32 Å². The molecule has 0 spiro atoms. The molecular formula is C13H13NO5. The summed E-state index contributed by atoms with van der Waals surface area (Å²) in [5.41, 5.74) is 0.467. The van der Waals surface area contributed by atoms with Crippen molar-refractivity contribution in [3.8, 4) is 28.6 Å². The number of rotatable bonds is 3. The van der Waals surface area contributed by atoms with Crippen LogP contribution in [0.2, 0.25) is 0 Å². The van der Waals surface area contributed by atoms with Gasteiger partial charge in [0.1, 0.15) is 5.75 Å². The zero-order valence-corrected chi connectivity index (χ0v) is 10.4. The number of para-hydroxylation sites is 1. The molecule has 19 heavy (non-hydrogen) atoms. The summed E-state index contributed by atoms with van der Waals surface area (Å²) in [6, 6.07) is 6.84. The zero-order chi connectivity index (χ0) is 14.0. The maximum Gasteiger partial charge on any atom is 0.246 e. The van der Waals surface area contributed by atoms with Gasteiger partial charge < -0.3 is 19.4 Å². The number of furan rings is 1. The van der Waals surface area contributed by atoms with Crippen molar-refractivity contribution in [1.29, 1.82) is 0 Å². The molecule has 0 aliphatic heterocycles. The molecule has 2 rings (SSSR count). The molecule has 1 heterocycles. The fraction of sp³-hybridized carbons (Fsp3) is 0.154. The molecule has 0 saturated heterocycles. The molecular weight excluding hydrogens is 250 g/mol. The molecule has 0 fully saturated rings. The van der Waals surface area contributed by atoms with Crippen LogP contribution >= 0.6 is 0 Å². The first-order valence-corrected chi connectivity index (χ1v) is 5.50. The highest BCUT2D eigenvalue weighted by molar-refractivity contribution is 5.90. The van der Waals surface area contributed by atoms with Crippen molar-refractivity contribution in [2.45, 2.75) is 6.92 Å². The Balaban J connectivity index is 2.54. The number of amides is 1. The normalized spacial score (nSPS) is 10.2. The van der Waals surface area contributed by atoms with Crippen LogP contribution in [0.5, 0.6) is 17.2 Å². The molecule has 6 heteroatoms. The molecule has 1 amide bonds. The van der Waals surface area contributed by atoms with Crippen molar-refractivity contribution in [3.05, 3.63) is 24.3 Å². The van der Waals surface area contributed by atoms with Gasteiger partial charge >= 0.3 is 0 Å². The van der Waals surface area contributed by atoms with E-state index < -0.39 is 17.4 Å². The highest BCUT2D eigenvalue weighted by Crippen LogP contribution is 2.47. The fourth-order valence-corrected chi connectivity index (χ4v) is 1.67. The van der Waals surface area contributed by atoms with Crippen molar-refractivity contribution in [1.82, 2.24) is 0 Å². The monoisotopic (exact) mass is 263 g/mol. The second-order valence-electron chi connectivity index (χ2n) is 3.84. The number of methoxy groups -OCH3 is 1. The van der Waals surface area contributed by atoms with Crippen LogP contribution in [-0.4, -0.2) is 23.2 Å². The molecule has 0 aliphatic rings. The van der Waals surface area contributed by atoms with E-state index in [1.807, 2.05) is 0 Å². The van der Waals surface area contributed by atoms with Crippen LogP contribution in [0, 0.1) is 0 Å². The van der Waals surface area contributed by atoms with E-state index in [1.54, 1.807) is 24.3 Å². The van der Waals surface area contributed by atoms with Crippen LogP contribution in [0.25, 0.3) is 11.3 Å². The molecule has 0 radical (unpaired) electrons. The summed E-state index contributed by atoms with van der Waals surface area (Å²) in [6.45, 7) is 1.27. The third kappa shape index (κ3) is 2.33. The number of hydrogen-bond acceptors (Lipinski definition) is 5. The number of anilines is 1. The lowest BCUT2D eigenvalue weighted by Gasteiger charge is -2.05. The average Bonchev–Trinajstić information content (AvgIpc) is 2.66. The van der Waals surface area contributed by atoms with Gasteiger partial charge in [-0.05, 0) is 12.1 Å². The van der Waals surface area contributed by atoms with E-state index in [-0.39, 0.29) is 11.6 Å². The summed E-state index contributed by atoms with van der Waals surface area (Å²) in [6.07, 6.45) is 0. The molecule has 0 atom stereocenters. The second-order valence-corrected chi connectivity index (χ2v) is 3.84. The van der Waals surface area contributed by atoms with Crippen LogP contribution < -0.4 is 10.1 Å². The summed E-state index contributed by atoms with van der Waals surface area (Å²) in [5, 5.41) is 21.8. The number of hydrogen-bond donors (Lipinski definition) is 3. The number of ether oxygens (including phenoxy) is 1. The molecule has 3 N–H and O–H groups in total. The quantitative estimate of drug-likeness (QED) is 0.790. The van der Waals surface area contributed by atoms with Crippen molar-refractivity contribution >= 4 is 11.8 Å². The molecule has 0 bridgehead atoms. The second kappa shape index (κ2) is 4.93. The maximum absolute atomic E-state index is 11.0. The number of aromatic hydroxyl groups is 2. The molecule has 0 saturated carbocycles. The van der Waals surface area contributed by atoms with Gasteiger partial charge in [-0.3, -0.25) is 10.1 Å². The average molecular weight is 263 g/mol. The predicted octanol–water partition coefficient (Wildman–Crippen LogP) is 2.32. The highest BCUT2D eigenvalue weighted by atomic mass is 16.5. The first kappa shape index (κ1) is 12.8. The molecule has 0 aliphatic carbocycles. The van der Waals surface area contributed by atoms with Crippen molar-refractivity contribution in [3.63, 3.8) is 0 Å². The Labute approximate surface area is 109 Å². The molecule has 1 aromatic heterocycles. The van der Waals surface area contributed by atoms with Crippen LogP contribution in [-0.2, 0) is 4.79 Å². The topological polar surface area (TPSA) is 91.9 Å². The lowest BCUT2D eigenvalue weighted by Crippen LogP contribution is -2.04. The summed E-state index contributed by atoms with van der Waals surface area (Å²) >= 11 is 0. The van der Waals surface area contributed by atoms with Gasteiger partial charge in [-0.25, -0.2) is 0 Å². The van der Waals surface area contributed by atoms with E-state index in [4.69, 9.17) is 9.15 Å². The first-order chi connectivity index (χ1) is 9.04. The molecule has 6 nitrogen and oxygen atoms in total. The van der Waals surface area contributed by atoms with Crippen molar-refractivity contribution in [2.75, 3.05) is 12.4 Å². The number of nitrogens with one attached hydrogen (secondary N) is 1. The van der Waals surface area contributed by atoms with E-state index in [0.717, 1.165) is 0 Å². The summed E-state index contributed by atoms with van der Waals surface area (Å²) in [7, 11) is 1.48. The van der Waals surface area contributed by atoms with E-state index in [1.165, 1.54) is 14.0 Å². The third-order valence-corrected chi connectivity index (χ3v) is 2.50. The Morgan fingerprint density at radius 3 is 2.58 bits per heavy atom. The van der Waals surface area contributed by atoms with Gasteiger partial charge in [0.15, 0.2) is 5.76 Å². The van der Waals surface area contributed by atoms with Crippen molar-refractivity contribution in [2.24, 2.45) is 0 Å². The minimum absolute atomic E-state index is 0.0266. The van der Waals surface area contributed by atoms with Gasteiger partial charge in [0, 0.05) is 6.92 Å². The molecule has 2 aromatic rings. The minimum atomic E-state index is -0.517. The lowest BCUT2D eigenvalue weighted by molar-refractivity contribution is -0.114. The standard InChI is InChI=1S/C13H13NO5/c1-7(15)14-13-11(17)10(16)12(19-13)8-5-3-4-6-9(8)18-2/h3-6,16-17H,1-2H3,(H,14,15). The number of carbonyl (C=O) groups excluding carboxylic acids is 1. The Bertz CT molecular complexity index is 617. The van der Waals surface area contributed by atoms with Crippen LogP contribution in [0.4, 0.5) is 5.88 Å². The van der Waals surface area contributed by atoms with E-state index >= 15 is 0 Å². The van der Waals surface area contributed by atoms with Crippen LogP contribution in [0.1, 0.15) is 6.92 Å². The third-order valence-electron chi connectivity index (χ3n) is 2.50. The first-order valence-electron chi connectivity index (χ1n) is 5.50. The molecule has 100 valence electrons. The smallest absolute Gasteiger partial charge is 0.246 e. The Morgan fingerprint density at radius 2 is 1.95 bits per heavy atom. The molecule has 1 aromatic carbocycles. The van der Waals surface area contributed by atoms with E-state index in [0.29, 0.717) is 11.3 Å². The van der Waals surface area contributed by atoms with Gasteiger partial charge in [-0.15, -0.1) is 0 Å². The summed E-state index contributed by atoms with van der Waals surface area (Å²) in [5.74, 6) is -1.09. The van der Waals surface area contributed by atoms with Gasteiger partial charge in [0.25, 0.3) is 0 Å². The van der Waals surface area contributed by atoms with Crippen LogP contribution in [0.3, 0.4) is 0 Å². The predicted molar refractivity (Wildman–Crippen MR) is 68.3 cm³/mol. The van der Waals surface area contributed by atoms with Crippen molar-refractivity contribution < 1.29 is 24.2 Å². The SMILES string of the molecule is COc1ccccc1-c1oc(NC(C)=O)c(O)c1O. The maximum atomic E-state index is 11.0. The van der Waals surface area contributed by atoms with Crippen LogP contribution in [0.15, 0.2) is 28.7 Å².